The van der Waals surface area contributed by atoms with Crippen LogP contribution in [0.5, 0.6) is 0 Å². The summed E-state index contributed by atoms with van der Waals surface area (Å²) in [6.07, 6.45) is 0. The molecule has 0 spiro atoms. The van der Waals surface area contributed by atoms with Crippen LogP contribution in [0.1, 0.15) is 54.5 Å². The van der Waals surface area contributed by atoms with Crippen LogP contribution in [0.3, 0.4) is 0 Å². The number of aliphatic hydroxyl groups excluding tert-OH is 1. The first-order valence-corrected chi connectivity index (χ1v) is 9.60. The number of anilines is 2. The summed E-state index contributed by atoms with van der Waals surface area (Å²) in [4.78, 5) is 12.7. The topological polar surface area (TPSA) is 84.6 Å². The van der Waals surface area contributed by atoms with Gasteiger partial charge in [0.1, 0.15) is 0 Å². The van der Waals surface area contributed by atoms with E-state index in [0.717, 1.165) is 40.0 Å². The summed E-state index contributed by atoms with van der Waals surface area (Å²) >= 11 is 0. The highest BCUT2D eigenvalue weighted by Gasteiger charge is 2.41. The number of esters is 1. The lowest BCUT2D eigenvalue weighted by Gasteiger charge is -2.34. The van der Waals surface area contributed by atoms with Crippen molar-refractivity contribution in [3.05, 3.63) is 58.1 Å². The number of hydrogen-bond donors (Lipinski definition) is 3. The van der Waals surface area contributed by atoms with Crippen molar-refractivity contribution in [1.29, 1.82) is 0 Å². The fourth-order valence-electron chi connectivity index (χ4n) is 3.81. The van der Waals surface area contributed by atoms with Crippen molar-refractivity contribution >= 4 is 17.3 Å². The highest BCUT2D eigenvalue weighted by atomic mass is 16.5. The van der Waals surface area contributed by atoms with Crippen LogP contribution < -0.4 is 11.1 Å². The van der Waals surface area contributed by atoms with Gasteiger partial charge in [0.2, 0.25) is 0 Å². The summed E-state index contributed by atoms with van der Waals surface area (Å²) in [6, 6.07) is 9.95. The van der Waals surface area contributed by atoms with Crippen molar-refractivity contribution in [2.45, 2.75) is 47.1 Å². The van der Waals surface area contributed by atoms with Crippen molar-refractivity contribution in [3.8, 4) is 0 Å². The number of benzene rings is 2. The van der Waals surface area contributed by atoms with Crippen LogP contribution in [-0.2, 0) is 16.1 Å². The third-order valence-electron chi connectivity index (χ3n) is 5.55. The van der Waals surface area contributed by atoms with Gasteiger partial charge in [-0.15, -0.1) is 0 Å². The molecule has 0 amide bonds. The summed E-state index contributed by atoms with van der Waals surface area (Å²) < 4.78 is 5.12. The van der Waals surface area contributed by atoms with Crippen LogP contribution in [0.4, 0.5) is 11.4 Å². The highest BCUT2D eigenvalue weighted by molar-refractivity contribution is 5.79. The Morgan fingerprint density at radius 2 is 1.93 bits per heavy atom. The number of methoxy groups -OCH3 is 1. The fourth-order valence-corrected chi connectivity index (χ4v) is 3.81. The van der Waals surface area contributed by atoms with Crippen LogP contribution in [0, 0.1) is 19.3 Å². The predicted octanol–water partition coefficient (Wildman–Crippen LogP) is 4.14. The van der Waals surface area contributed by atoms with E-state index >= 15 is 0 Å². The summed E-state index contributed by atoms with van der Waals surface area (Å²) in [7, 11) is 1.41. The van der Waals surface area contributed by atoms with Crippen LogP contribution in [-0.4, -0.2) is 24.7 Å². The highest BCUT2D eigenvalue weighted by Crippen LogP contribution is 2.45. The van der Waals surface area contributed by atoms with Crippen molar-refractivity contribution < 1.29 is 14.6 Å². The number of aryl methyl sites for hydroxylation is 1. The molecule has 0 saturated carbocycles. The van der Waals surface area contributed by atoms with Gasteiger partial charge in [-0.05, 0) is 68.5 Å². The first-order valence-electron chi connectivity index (χ1n) is 9.60. The van der Waals surface area contributed by atoms with E-state index in [9.17, 15) is 9.90 Å². The second-order valence-corrected chi connectivity index (χ2v) is 7.76. The number of aliphatic hydroxyl groups is 1. The van der Waals surface area contributed by atoms with Gasteiger partial charge in [0.25, 0.3) is 0 Å². The molecule has 0 aliphatic rings. The molecule has 0 radical (unpaired) electrons. The monoisotopic (exact) mass is 384 g/mol. The van der Waals surface area contributed by atoms with Crippen molar-refractivity contribution in [1.82, 2.24) is 0 Å². The molecule has 2 rings (SSSR count). The van der Waals surface area contributed by atoms with Gasteiger partial charge in [-0.3, -0.25) is 4.79 Å². The Bertz CT molecular complexity index is 859. The molecular weight excluding hydrogens is 352 g/mol. The fraction of sp³-hybridized carbons (Fsp3) is 0.435. The molecule has 0 saturated heterocycles. The molecule has 0 aliphatic carbocycles. The number of rotatable bonds is 7. The summed E-state index contributed by atoms with van der Waals surface area (Å²) in [5, 5.41) is 13.0. The maximum atomic E-state index is 12.7. The average molecular weight is 385 g/mol. The molecule has 0 unspecified atom stereocenters. The number of carbonyl (C=O) groups is 1. The number of ether oxygens (including phenoxy) is 1. The van der Waals surface area contributed by atoms with Gasteiger partial charge in [0, 0.05) is 12.5 Å². The van der Waals surface area contributed by atoms with Crippen LogP contribution in [0.25, 0.3) is 0 Å². The van der Waals surface area contributed by atoms with Gasteiger partial charge in [-0.1, -0.05) is 24.3 Å². The van der Waals surface area contributed by atoms with Crippen LogP contribution in [0.2, 0.25) is 0 Å². The molecule has 5 heteroatoms. The predicted molar refractivity (Wildman–Crippen MR) is 114 cm³/mol. The Morgan fingerprint density at radius 3 is 2.50 bits per heavy atom. The van der Waals surface area contributed by atoms with E-state index in [4.69, 9.17) is 10.5 Å². The van der Waals surface area contributed by atoms with Crippen LogP contribution >= 0.6 is 0 Å². The maximum absolute atomic E-state index is 12.7. The largest absolute Gasteiger partial charge is 0.469 e. The Kier molecular flexibility index (Phi) is 6.73. The van der Waals surface area contributed by atoms with Gasteiger partial charge in [-0.2, -0.15) is 0 Å². The van der Waals surface area contributed by atoms with Crippen molar-refractivity contribution in [2.75, 3.05) is 24.7 Å². The normalized spacial score (nSPS) is 12.5. The van der Waals surface area contributed by atoms with Gasteiger partial charge in [0.05, 0.1) is 30.5 Å². The molecule has 28 heavy (non-hydrogen) atoms. The van der Waals surface area contributed by atoms with E-state index in [1.165, 1.54) is 7.11 Å². The second kappa shape index (κ2) is 8.65. The zero-order valence-electron chi connectivity index (χ0n) is 17.7. The molecule has 5 nitrogen and oxygen atoms in total. The van der Waals surface area contributed by atoms with E-state index < -0.39 is 5.41 Å². The van der Waals surface area contributed by atoms with Gasteiger partial charge in [-0.25, -0.2) is 0 Å². The molecule has 4 N–H and O–H groups in total. The van der Waals surface area contributed by atoms with Gasteiger partial charge >= 0.3 is 5.97 Å². The van der Waals surface area contributed by atoms with E-state index in [1.807, 2.05) is 65.0 Å². The number of hydrogen-bond acceptors (Lipinski definition) is 5. The molecule has 0 aromatic heterocycles. The van der Waals surface area contributed by atoms with E-state index in [0.29, 0.717) is 5.69 Å². The molecule has 2 aromatic carbocycles. The first kappa shape index (κ1) is 21.8. The Labute approximate surface area is 167 Å². The Balaban J connectivity index is 2.73. The zero-order chi connectivity index (χ0) is 21.1. The van der Waals surface area contributed by atoms with Gasteiger partial charge in [0.15, 0.2) is 0 Å². The molecule has 0 fully saturated rings. The molecule has 1 atom stereocenters. The van der Waals surface area contributed by atoms with E-state index in [-0.39, 0.29) is 18.5 Å². The van der Waals surface area contributed by atoms with Crippen molar-refractivity contribution in [2.24, 2.45) is 5.41 Å². The third-order valence-corrected chi connectivity index (χ3v) is 5.55. The van der Waals surface area contributed by atoms with E-state index in [1.54, 1.807) is 0 Å². The van der Waals surface area contributed by atoms with Crippen LogP contribution in [0.15, 0.2) is 30.3 Å². The minimum atomic E-state index is -0.826. The standard InChI is InChI=1S/C23H32N2O3/c1-7-25-19-11-10-18(15(3)21(19)24)20(23(4,5)22(27)28-6)16-9-8-14(2)17(12-16)13-26/h8-12,20,25-26H,7,13,24H2,1-6H3/t20-/m0/s1. The first-order chi connectivity index (χ1) is 13.2. The van der Waals surface area contributed by atoms with Crippen molar-refractivity contribution in [3.63, 3.8) is 0 Å². The number of nitrogen functional groups attached to an aromatic ring is 1. The lowest BCUT2D eigenvalue weighted by Crippen LogP contribution is -2.34. The molecular formula is C23H32N2O3. The molecule has 0 aliphatic heterocycles. The number of nitrogens with two attached hydrogens (primary N) is 1. The lowest BCUT2D eigenvalue weighted by molar-refractivity contribution is -0.151. The third kappa shape index (κ3) is 3.99. The molecule has 0 heterocycles. The number of nitrogens with one attached hydrogen (secondary N) is 1. The molecule has 152 valence electrons. The maximum Gasteiger partial charge on any atom is 0.312 e. The molecule has 2 aromatic rings. The minimum absolute atomic E-state index is 0.0501. The minimum Gasteiger partial charge on any atom is -0.469 e. The van der Waals surface area contributed by atoms with Gasteiger partial charge < -0.3 is 20.9 Å². The summed E-state index contributed by atoms with van der Waals surface area (Å²) in [6.45, 7) is 10.5. The summed E-state index contributed by atoms with van der Waals surface area (Å²) in [5.74, 6) is -0.568. The second-order valence-electron chi connectivity index (χ2n) is 7.76. The lowest BCUT2D eigenvalue weighted by atomic mass is 9.69. The van der Waals surface area contributed by atoms with E-state index in [2.05, 4.69) is 5.32 Å². The molecule has 0 bridgehead atoms. The Hall–Kier alpha value is -2.53. The average Bonchev–Trinajstić information content (AvgIpc) is 2.67. The summed E-state index contributed by atoms with van der Waals surface area (Å²) in [5.41, 5.74) is 11.9. The quantitative estimate of drug-likeness (QED) is 0.493. The zero-order valence-corrected chi connectivity index (χ0v) is 17.7. The smallest absolute Gasteiger partial charge is 0.312 e. The number of carbonyl (C=O) groups excluding carboxylic acids is 1. The SMILES string of the molecule is CCNc1ccc([C@H](c2ccc(C)c(CO)c2)C(C)(C)C(=O)OC)c(C)c1N. The Morgan fingerprint density at radius 1 is 1.25 bits per heavy atom.